The fourth-order valence-corrected chi connectivity index (χ4v) is 2.32. The van der Waals surface area contributed by atoms with Gasteiger partial charge >= 0.3 is 0 Å². The second-order valence-corrected chi connectivity index (χ2v) is 4.99. The molecule has 4 N–H and O–H groups in total. The smallest absolute Gasteiger partial charge is 0.253 e. The zero-order chi connectivity index (χ0) is 14.8. The van der Waals surface area contributed by atoms with E-state index in [2.05, 4.69) is 15.3 Å². The van der Waals surface area contributed by atoms with Crippen LogP contribution < -0.4 is 11.1 Å². The van der Waals surface area contributed by atoms with E-state index in [1.54, 1.807) is 30.7 Å². The molecule has 0 fully saturated rings. The lowest BCUT2D eigenvalue weighted by molar-refractivity contribution is 0.0941. The Hall–Kier alpha value is -2.82. The number of pyridine rings is 1. The number of nitrogens with one attached hydrogen (secondary N) is 2. The first-order valence-electron chi connectivity index (χ1n) is 6.72. The number of carbonyl (C=O) groups excluding carboxylic acids is 1. The molecule has 1 atom stereocenters. The van der Waals surface area contributed by atoms with Gasteiger partial charge in [0.05, 0.1) is 11.6 Å². The largest absolute Gasteiger partial charge is 0.399 e. The summed E-state index contributed by atoms with van der Waals surface area (Å²) in [7, 11) is 0. The number of rotatable bonds is 3. The average molecular weight is 280 g/mol. The van der Waals surface area contributed by atoms with Crippen LogP contribution in [0.3, 0.4) is 0 Å². The first-order chi connectivity index (χ1) is 10.1. The Morgan fingerprint density at radius 2 is 2.24 bits per heavy atom. The summed E-state index contributed by atoms with van der Waals surface area (Å²) in [6.45, 7) is 1.93. The zero-order valence-corrected chi connectivity index (χ0v) is 11.6. The van der Waals surface area contributed by atoms with Crippen molar-refractivity contribution in [2.24, 2.45) is 0 Å². The molecule has 1 unspecified atom stereocenters. The van der Waals surface area contributed by atoms with Crippen LogP contribution in [0.5, 0.6) is 0 Å². The third-order valence-corrected chi connectivity index (χ3v) is 3.48. The van der Waals surface area contributed by atoms with Gasteiger partial charge in [-0.05, 0) is 36.8 Å². The van der Waals surface area contributed by atoms with Gasteiger partial charge in [-0.3, -0.25) is 9.78 Å². The summed E-state index contributed by atoms with van der Waals surface area (Å²) >= 11 is 0. The molecule has 0 bridgehead atoms. The highest BCUT2D eigenvalue weighted by atomic mass is 16.1. The summed E-state index contributed by atoms with van der Waals surface area (Å²) in [5.74, 6) is -0.136. The number of fused-ring (bicyclic) bond motifs is 1. The molecule has 0 saturated carbocycles. The van der Waals surface area contributed by atoms with E-state index < -0.39 is 0 Å². The lowest BCUT2D eigenvalue weighted by Gasteiger charge is -2.13. The number of nitrogen functional groups attached to an aromatic ring is 1. The van der Waals surface area contributed by atoms with E-state index in [1.165, 1.54) is 0 Å². The minimum atomic E-state index is -0.136. The van der Waals surface area contributed by atoms with Crippen LogP contribution in [0.15, 0.2) is 48.9 Å². The van der Waals surface area contributed by atoms with Gasteiger partial charge < -0.3 is 16.0 Å². The molecular weight excluding hydrogens is 264 g/mol. The van der Waals surface area contributed by atoms with Gasteiger partial charge in [0, 0.05) is 35.2 Å². The summed E-state index contributed by atoms with van der Waals surface area (Å²) in [6, 6.07) is 9.15. The molecule has 1 amide bonds. The van der Waals surface area contributed by atoms with Crippen LogP contribution in [0.1, 0.15) is 28.9 Å². The van der Waals surface area contributed by atoms with E-state index >= 15 is 0 Å². The first kappa shape index (κ1) is 13.2. The van der Waals surface area contributed by atoms with Crippen molar-refractivity contribution >= 4 is 22.5 Å². The Balaban J connectivity index is 1.86. The van der Waals surface area contributed by atoms with Crippen LogP contribution in [0.2, 0.25) is 0 Å². The number of amides is 1. The van der Waals surface area contributed by atoms with Gasteiger partial charge in [0.15, 0.2) is 0 Å². The molecule has 3 aromatic rings. The number of hydrogen-bond donors (Lipinski definition) is 3. The van der Waals surface area contributed by atoms with Crippen LogP contribution in [-0.2, 0) is 0 Å². The standard InChI is InChI=1S/C16H16N4O/c1-10(11-3-2-6-18-8-11)20-16(21)14-9-19-15-5-4-12(17)7-13(14)15/h2-10,19H,17H2,1H3,(H,20,21). The summed E-state index contributed by atoms with van der Waals surface area (Å²) in [4.78, 5) is 19.6. The van der Waals surface area contributed by atoms with E-state index in [-0.39, 0.29) is 11.9 Å². The summed E-state index contributed by atoms with van der Waals surface area (Å²) < 4.78 is 0. The van der Waals surface area contributed by atoms with Crippen molar-refractivity contribution in [2.75, 3.05) is 5.73 Å². The van der Waals surface area contributed by atoms with E-state index in [9.17, 15) is 4.79 Å². The Kier molecular flexibility index (Phi) is 3.31. The molecule has 1 aromatic carbocycles. The average Bonchev–Trinajstić information content (AvgIpc) is 2.91. The van der Waals surface area contributed by atoms with Crippen molar-refractivity contribution < 1.29 is 4.79 Å². The number of H-pyrrole nitrogens is 1. The maximum atomic E-state index is 12.4. The van der Waals surface area contributed by atoms with E-state index in [4.69, 9.17) is 5.73 Å². The molecular formula is C16H16N4O. The lowest BCUT2D eigenvalue weighted by atomic mass is 10.1. The topological polar surface area (TPSA) is 83.8 Å². The van der Waals surface area contributed by atoms with Crippen molar-refractivity contribution in [3.63, 3.8) is 0 Å². The summed E-state index contributed by atoms with van der Waals surface area (Å²) in [5.41, 5.74) is 8.87. The third kappa shape index (κ3) is 2.58. The number of hydrogen-bond acceptors (Lipinski definition) is 3. The fourth-order valence-electron chi connectivity index (χ4n) is 2.32. The van der Waals surface area contributed by atoms with Gasteiger partial charge in [-0.15, -0.1) is 0 Å². The molecule has 2 aromatic heterocycles. The van der Waals surface area contributed by atoms with Gasteiger partial charge in [-0.1, -0.05) is 6.07 Å². The highest BCUT2D eigenvalue weighted by Crippen LogP contribution is 2.21. The second-order valence-electron chi connectivity index (χ2n) is 4.99. The molecule has 0 spiro atoms. The number of anilines is 1. The molecule has 0 aliphatic rings. The van der Waals surface area contributed by atoms with Gasteiger partial charge in [0.1, 0.15) is 0 Å². The van der Waals surface area contributed by atoms with Crippen molar-refractivity contribution in [2.45, 2.75) is 13.0 Å². The normalized spacial score (nSPS) is 12.2. The fraction of sp³-hybridized carbons (Fsp3) is 0.125. The highest BCUT2D eigenvalue weighted by molar-refractivity contribution is 6.07. The van der Waals surface area contributed by atoms with Gasteiger partial charge in [-0.2, -0.15) is 0 Å². The number of carbonyl (C=O) groups is 1. The van der Waals surface area contributed by atoms with E-state index in [1.807, 2.05) is 25.1 Å². The molecule has 21 heavy (non-hydrogen) atoms. The predicted octanol–water partition coefficient (Wildman–Crippen LogP) is 2.64. The molecule has 5 nitrogen and oxygen atoms in total. The SMILES string of the molecule is CC(NC(=O)c1c[nH]c2ccc(N)cc12)c1cccnc1. The van der Waals surface area contributed by atoms with Crippen LogP contribution in [0.25, 0.3) is 10.9 Å². The van der Waals surface area contributed by atoms with Crippen LogP contribution in [-0.4, -0.2) is 15.9 Å². The van der Waals surface area contributed by atoms with Gasteiger partial charge in [0.2, 0.25) is 0 Å². The molecule has 5 heteroatoms. The summed E-state index contributed by atoms with van der Waals surface area (Å²) in [6.07, 6.45) is 5.16. The Morgan fingerprint density at radius 3 is 3.00 bits per heavy atom. The van der Waals surface area contributed by atoms with E-state index in [0.717, 1.165) is 16.5 Å². The minimum Gasteiger partial charge on any atom is -0.399 e. The summed E-state index contributed by atoms with van der Waals surface area (Å²) in [5, 5.41) is 3.80. The van der Waals surface area contributed by atoms with Crippen molar-refractivity contribution in [3.05, 3.63) is 60.0 Å². The van der Waals surface area contributed by atoms with Gasteiger partial charge in [0.25, 0.3) is 5.91 Å². The third-order valence-electron chi connectivity index (χ3n) is 3.48. The number of nitrogens with zero attached hydrogens (tertiary/aromatic N) is 1. The lowest BCUT2D eigenvalue weighted by Crippen LogP contribution is -2.26. The Morgan fingerprint density at radius 1 is 1.38 bits per heavy atom. The Bertz CT molecular complexity index is 779. The maximum Gasteiger partial charge on any atom is 0.253 e. The van der Waals surface area contributed by atoms with Crippen molar-refractivity contribution in [1.82, 2.24) is 15.3 Å². The molecule has 0 aliphatic carbocycles. The zero-order valence-electron chi connectivity index (χ0n) is 11.6. The Labute approximate surface area is 122 Å². The number of nitrogens with two attached hydrogens (primary N) is 1. The molecule has 0 radical (unpaired) electrons. The monoisotopic (exact) mass is 280 g/mol. The van der Waals surface area contributed by atoms with Crippen LogP contribution >= 0.6 is 0 Å². The highest BCUT2D eigenvalue weighted by Gasteiger charge is 2.15. The van der Waals surface area contributed by atoms with Gasteiger partial charge in [-0.25, -0.2) is 0 Å². The molecule has 2 heterocycles. The quantitative estimate of drug-likeness (QED) is 0.645. The number of benzene rings is 1. The molecule has 3 rings (SSSR count). The molecule has 0 aliphatic heterocycles. The van der Waals surface area contributed by atoms with E-state index in [0.29, 0.717) is 11.3 Å². The number of aromatic amines is 1. The van der Waals surface area contributed by atoms with Crippen molar-refractivity contribution in [3.8, 4) is 0 Å². The molecule has 106 valence electrons. The predicted molar refractivity (Wildman–Crippen MR) is 82.8 cm³/mol. The molecule has 0 saturated heterocycles. The second kappa shape index (κ2) is 5.28. The van der Waals surface area contributed by atoms with Crippen molar-refractivity contribution in [1.29, 1.82) is 0 Å². The van der Waals surface area contributed by atoms with Crippen LogP contribution in [0, 0.1) is 0 Å². The maximum absolute atomic E-state index is 12.4. The van der Waals surface area contributed by atoms with Crippen LogP contribution in [0.4, 0.5) is 5.69 Å². The first-order valence-corrected chi connectivity index (χ1v) is 6.72. The number of aromatic nitrogens is 2. The minimum absolute atomic E-state index is 0.114.